The van der Waals surface area contributed by atoms with Crippen molar-refractivity contribution in [2.45, 2.75) is 32.2 Å². The van der Waals surface area contributed by atoms with Crippen molar-refractivity contribution >= 4 is 11.6 Å². The van der Waals surface area contributed by atoms with E-state index < -0.39 is 0 Å². The highest BCUT2D eigenvalue weighted by atomic mass is 35.5. The van der Waals surface area contributed by atoms with Gasteiger partial charge in [-0.25, -0.2) is 0 Å². The summed E-state index contributed by atoms with van der Waals surface area (Å²) in [6.07, 6.45) is 5.50. The third-order valence-electron chi connectivity index (χ3n) is 3.25. The molecular formula is C13H18ClNO. The van der Waals surface area contributed by atoms with Crippen molar-refractivity contribution in [3.05, 3.63) is 28.8 Å². The first kappa shape index (κ1) is 11.7. The van der Waals surface area contributed by atoms with E-state index in [0.717, 1.165) is 24.6 Å². The Balaban J connectivity index is 1.78. The Morgan fingerprint density at radius 3 is 2.75 bits per heavy atom. The molecule has 1 aliphatic carbocycles. The highest BCUT2D eigenvalue weighted by Gasteiger charge is 2.13. The van der Waals surface area contributed by atoms with Crippen molar-refractivity contribution < 1.29 is 5.11 Å². The van der Waals surface area contributed by atoms with Crippen LogP contribution in [0.5, 0.6) is 5.75 Å². The van der Waals surface area contributed by atoms with Gasteiger partial charge in [0, 0.05) is 6.54 Å². The van der Waals surface area contributed by atoms with Gasteiger partial charge in [0.2, 0.25) is 0 Å². The predicted octanol–water partition coefficient (Wildman–Crippen LogP) is 3.33. The maximum atomic E-state index is 9.29. The molecule has 0 saturated heterocycles. The molecule has 0 heterocycles. The van der Waals surface area contributed by atoms with Gasteiger partial charge in [-0.15, -0.1) is 0 Å². The van der Waals surface area contributed by atoms with Gasteiger partial charge in [0.25, 0.3) is 0 Å². The molecule has 0 aliphatic heterocycles. The van der Waals surface area contributed by atoms with Crippen molar-refractivity contribution in [1.82, 2.24) is 5.32 Å². The fourth-order valence-electron chi connectivity index (χ4n) is 2.30. The second kappa shape index (κ2) is 5.55. The summed E-state index contributed by atoms with van der Waals surface area (Å²) in [6, 6.07) is 5.37. The monoisotopic (exact) mass is 239 g/mol. The van der Waals surface area contributed by atoms with Crippen molar-refractivity contribution in [3.8, 4) is 5.75 Å². The lowest BCUT2D eigenvalue weighted by atomic mass is 10.1. The Morgan fingerprint density at radius 2 is 2.06 bits per heavy atom. The van der Waals surface area contributed by atoms with Crippen LogP contribution < -0.4 is 5.32 Å². The van der Waals surface area contributed by atoms with Gasteiger partial charge in [0.05, 0.1) is 5.02 Å². The molecule has 1 fully saturated rings. The van der Waals surface area contributed by atoms with Gasteiger partial charge in [0.1, 0.15) is 5.75 Å². The lowest BCUT2D eigenvalue weighted by Gasteiger charge is -2.10. The fourth-order valence-corrected chi connectivity index (χ4v) is 2.50. The smallest absolute Gasteiger partial charge is 0.134 e. The molecule has 2 rings (SSSR count). The SMILES string of the molecule is Oc1ccc(CNCC2CCCC2)cc1Cl. The molecule has 0 unspecified atom stereocenters. The molecule has 2 N–H and O–H groups in total. The number of hydrogen-bond acceptors (Lipinski definition) is 2. The van der Waals surface area contributed by atoms with E-state index in [1.54, 1.807) is 6.07 Å². The minimum atomic E-state index is 0.154. The van der Waals surface area contributed by atoms with Crippen molar-refractivity contribution in [3.63, 3.8) is 0 Å². The maximum Gasteiger partial charge on any atom is 0.134 e. The molecule has 3 heteroatoms. The molecule has 2 nitrogen and oxygen atoms in total. The summed E-state index contributed by atoms with van der Waals surface area (Å²) >= 11 is 5.84. The van der Waals surface area contributed by atoms with E-state index in [2.05, 4.69) is 5.32 Å². The number of hydrogen-bond donors (Lipinski definition) is 2. The minimum absolute atomic E-state index is 0.154. The van der Waals surface area contributed by atoms with Crippen LogP contribution in [-0.2, 0) is 6.54 Å². The van der Waals surface area contributed by atoms with Gasteiger partial charge in [-0.2, -0.15) is 0 Å². The molecule has 1 aromatic carbocycles. The molecule has 0 bridgehead atoms. The predicted molar refractivity (Wildman–Crippen MR) is 66.8 cm³/mol. The highest BCUT2D eigenvalue weighted by molar-refractivity contribution is 6.32. The van der Waals surface area contributed by atoms with Gasteiger partial charge in [0.15, 0.2) is 0 Å². The molecule has 0 aromatic heterocycles. The quantitative estimate of drug-likeness (QED) is 0.845. The number of rotatable bonds is 4. The van der Waals surface area contributed by atoms with Crippen LogP contribution in [-0.4, -0.2) is 11.7 Å². The normalized spacial score (nSPS) is 16.8. The van der Waals surface area contributed by atoms with Crippen LogP contribution in [0.25, 0.3) is 0 Å². The summed E-state index contributed by atoms with van der Waals surface area (Å²) in [7, 11) is 0. The van der Waals surface area contributed by atoms with E-state index in [1.807, 2.05) is 12.1 Å². The second-order valence-corrected chi connectivity index (χ2v) is 4.97. The van der Waals surface area contributed by atoms with Crippen molar-refractivity contribution in [1.29, 1.82) is 0 Å². The first-order chi connectivity index (χ1) is 7.75. The Bertz CT molecular complexity index is 348. The summed E-state index contributed by atoms with van der Waals surface area (Å²) in [5.41, 5.74) is 1.13. The molecule has 88 valence electrons. The van der Waals surface area contributed by atoms with E-state index in [4.69, 9.17) is 11.6 Å². The topological polar surface area (TPSA) is 32.3 Å². The molecule has 0 spiro atoms. The van der Waals surface area contributed by atoms with Crippen LogP contribution in [0.3, 0.4) is 0 Å². The fraction of sp³-hybridized carbons (Fsp3) is 0.538. The zero-order valence-electron chi connectivity index (χ0n) is 9.38. The summed E-state index contributed by atoms with van der Waals surface area (Å²) in [5.74, 6) is 1.01. The third-order valence-corrected chi connectivity index (χ3v) is 3.55. The Morgan fingerprint density at radius 1 is 1.31 bits per heavy atom. The van der Waals surface area contributed by atoms with Crippen molar-refractivity contribution in [2.75, 3.05) is 6.54 Å². The second-order valence-electron chi connectivity index (χ2n) is 4.57. The minimum Gasteiger partial charge on any atom is -0.506 e. The summed E-state index contributed by atoms with van der Waals surface area (Å²) in [6.45, 7) is 1.93. The summed E-state index contributed by atoms with van der Waals surface area (Å²) < 4.78 is 0. The molecule has 1 aliphatic rings. The molecular weight excluding hydrogens is 222 g/mol. The lowest BCUT2D eigenvalue weighted by molar-refractivity contribution is 0.474. The number of phenols is 1. The van der Waals surface area contributed by atoms with Crippen LogP contribution in [0, 0.1) is 5.92 Å². The number of nitrogens with one attached hydrogen (secondary N) is 1. The van der Waals surface area contributed by atoms with E-state index in [1.165, 1.54) is 25.7 Å². The average Bonchev–Trinajstić information content (AvgIpc) is 2.76. The Kier molecular flexibility index (Phi) is 4.08. The van der Waals surface area contributed by atoms with E-state index in [-0.39, 0.29) is 5.75 Å². The number of phenolic OH excluding ortho intramolecular Hbond substituents is 1. The zero-order chi connectivity index (χ0) is 11.4. The van der Waals surface area contributed by atoms with Crippen LogP contribution >= 0.6 is 11.6 Å². The van der Waals surface area contributed by atoms with E-state index in [9.17, 15) is 5.11 Å². The molecule has 0 amide bonds. The van der Waals surface area contributed by atoms with Gasteiger partial charge in [-0.1, -0.05) is 30.5 Å². The first-order valence-corrected chi connectivity index (χ1v) is 6.31. The lowest BCUT2D eigenvalue weighted by Crippen LogP contribution is -2.20. The van der Waals surface area contributed by atoms with Gasteiger partial charge in [-0.3, -0.25) is 0 Å². The summed E-state index contributed by atoms with van der Waals surface area (Å²) in [4.78, 5) is 0. The van der Waals surface area contributed by atoms with Crippen LogP contribution in [0.1, 0.15) is 31.2 Å². The number of benzene rings is 1. The largest absolute Gasteiger partial charge is 0.506 e. The molecule has 1 saturated carbocycles. The molecule has 0 atom stereocenters. The van der Waals surface area contributed by atoms with Crippen LogP contribution in [0.4, 0.5) is 0 Å². The van der Waals surface area contributed by atoms with Gasteiger partial charge < -0.3 is 10.4 Å². The molecule has 0 radical (unpaired) electrons. The van der Waals surface area contributed by atoms with Crippen LogP contribution in [0.2, 0.25) is 5.02 Å². The molecule has 16 heavy (non-hydrogen) atoms. The van der Waals surface area contributed by atoms with E-state index in [0.29, 0.717) is 5.02 Å². The van der Waals surface area contributed by atoms with Gasteiger partial charge in [-0.05, 0) is 43.0 Å². The summed E-state index contributed by atoms with van der Waals surface area (Å²) in [5, 5.41) is 13.2. The zero-order valence-corrected chi connectivity index (χ0v) is 10.1. The Hall–Kier alpha value is -0.730. The first-order valence-electron chi connectivity index (χ1n) is 5.94. The third kappa shape index (κ3) is 3.13. The molecule has 1 aromatic rings. The standard InChI is InChI=1S/C13H18ClNO/c14-12-7-11(5-6-13(12)16)9-15-8-10-3-1-2-4-10/h5-7,10,15-16H,1-4,8-9H2. The Labute approximate surface area is 102 Å². The highest BCUT2D eigenvalue weighted by Crippen LogP contribution is 2.25. The number of halogens is 1. The maximum absolute atomic E-state index is 9.29. The van der Waals surface area contributed by atoms with Crippen molar-refractivity contribution in [2.24, 2.45) is 5.92 Å². The van der Waals surface area contributed by atoms with E-state index >= 15 is 0 Å². The van der Waals surface area contributed by atoms with Crippen LogP contribution in [0.15, 0.2) is 18.2 Å². The average molecular weight is 240 g/mol. The van der Waals surface area contributed by atoms with Gasteiger partial charge >= 0.3 is 0 Å². The number of aromatic hydroxyl groups is 1.